The molecule has 7 nitrogen and oxygen atoms in total. The zero-order valence-corrected chi connectivity index (χ0v) is 15.1. The van der Waals surface area contributed by atoms with Gasteiger partial charge in [0.05, 0.1) is 5.69 Å². The minimum atomic E-state index is 0.0262. The lowest BCUT2D eigenvalue weighted by Gasteiger charge is -2.05. The summed E-state index contributed by atoms with van der Waals surface area (Å²) in [5.41, 5.74) is 3.01. The van der Waals surface area contributed by atoms with E-state index < -0.39 is 0 Å². The largest absolute Gasteiger partial charge is 0.356 e. The van der Waals surface area contributed by atoms with E-state index in [4.69, 9.17) is 4.52 Å². The highest BCUT2D eigenvalue weighted by Gasteiger charge is 2.09. The number of hydrogen-bond donors (Lipinski definition) is 1. The van der Waals surface area contributed by atoms with E-state index in [1.165, 1.54) is 0 Å². The Hall–Kier alpha value is -2.96. The number of hydrogen-bond acceptors (Lipinski definition) is 5. The molecule has 26 heavy (non-hydrogen) atoms. The minimum absolute atomic E-state index is 0.0262. The summed E-state index contributed by atoms with van der Waals surface area (Å²) in [6, 6.07) is 11.7. The summed E-state index contributed by atoms with van der Waals surface area (Å²) < 4.78 is 7.19. The minimum Gasteiger partial charge on any atom is -0.356 e. The molecule has 136 valence electrons. The third-order valence-electron chi connectivity index (χ3n) is 4.04. The molecule has 2 aromatic heterocycles. The quantitative estimate of drug-likeness (QED) is 0.673. The van der Waals surface area contributed by atoms with E-state index in [1.54, 1.807) is 0 Å². The predicted octanol–water partition coefficient (Wildman–Crippen LogP) is 2.69. The van der Waals surface area contributed by atoms with Crippen molar-refractivity contribution in [3.05, 3.63) is 53.6 Å². The molecule has 0 saturated carbocycles. The van der Waals surface area contributed by atoms with Gasteiger partial charge in [0.15, 0.2) is 5.82 Å². The highest BCUT2D eigenvalue weighted by Crippen LogP contribution is 2.15. The first kappa shape index (κ1) is 17.8. The second-order valence-corrected chi connectivity index (χ2v) is 6.24. The number of carbonyl (C=O) groups is 1. The van der Waals surface area contributed by atoms with Crippen molar-refractivity contribution in [3.63, 3.8) is 0 Å². The molecule has 1 N–H and O–H groups in total. The zero-order chi connectivity index (χ0) is 18.4. The van der Waals surface area contributed by atoms with Gasteiger partial charge < -0.3 is 9.84 Å². The van der Waals surface area contributed by atoms with Crippen LogP contribution >= 0.6 is 0 Å². The standard InChI is InChI=1S/C19H23N5O2/c1-14-13-15(2)24(22-14)12-6-9-18(25)20-11-10-17-21-19(26-23-17)16-7-4-3-5-8-16/h3-5,7-8,13H,6,9-12H2,1-2H3,(H,20,25). The Morgan fingerprint density at radius 2 is 2.04 bits per heavy atom. The van der Waals surface area contributed by atoms with Crippen LogP contribution in [-0.4, -0.2) is 32.4 Å². The van der Waals surface area contributed by atoms with Crippen LogP contribution in [-0.2, 0) is 17.8 Å². The van der Waals surface area contributed by atoms with Crippen LogP contribution < -0.4 is 5.32 Å². The lowest BCUT2D eigenvalue weighted by Crippen LogP contribution is -2.26. The van der Waals surface area contributed by atoms with Crippen LogP contribution in [0.3, 0.4) is 0 Å². The smallest absolute Gasteiger partial charge is 0.257 e. The second kappa shape index (κ2) is 8.42. The van der Waals surface area contributed by atoms with E-state index in [9.17, 15) is 4.79 Å². The van der Waals surface area contributed by atoms with E-state index in [2.05, 4.69) is 20.6 Å². The average Bonchev–Trinajstić information content (AvgIpc) is 3.22. The number of rotatable bonds is 8. The predicted molar refractivity (Wildman–Crippen MR) is 97.4 cm³/mol. The lowest BCUT2D eigenvalue weighted by molar-refractivity contribution is -0.121. The van der Waals surface area contributed by atoms with Gasteiger partial charge in [-0.25, -0.2) is 0 Å². The molecule has 0 aliphatic heterocycles. The number of nitrogens with zero attached hydrogens (tertiary/aromatic N) is 4. The van der Waals surface area contributed by atoms with Gasteiger partial charge in [-0.1, -0.05) is 23.4 Å². The molecule has 0 saturated heterocycles. The highest BCUT2D eigenvalue weighted by atomic mass is 16.5. The summed E-state index contributed by atoms with van der Waals surface area (Å²) in [4.78, 5) is 16.3. The van der Waals surface area contributed by atoms with Crippen molar-refractivity contribution >= 4 is 5.91 Å². The maximum Gasteiger partial charge on any atom is 0.257 e. The molecule has 1 aromatic carbocycles. The van der Waals surface area contributed by atoms with Gasteiger partial charge in [-0.05, 0) is 38.5 Å². The molecule has 0 aliphatic carbocycles. The first-order valence-electron chi connectivity index (χ1n) is 8.77. The van der Waals surface area contributed by atoms with Crippen LogP contribution in [0.4, 0.5) is 0 Å². The Bertz CT molecular complexity index is 854. The van der Waals surface area contributed by atoms with Crippen LogP contribution in [0.25, 0.3) is 11.5 Å². The fourth-order valence-electron chi connectivity index (χ4n) is 2.75. The normalized spacial score (nSPS) is 10.8. The number of aromatic nitrogens is 4. The van der Waals surface area contributed by atoms with Gasteiger partial charge in [-0.15, -0.1) is 0 Å². The number of benzene rings is 1. The van der Waals surface area contributed by atoms with Gasteiger partial charge >= 0.3 is 0 Å². The topological polar surface area (TPSA) is 85.8 Å². The van der Waals surface area contributed by atoms with E-state index in [0.29, 0.717) is 31.1 Å². The Balaban J connectivity index is 1.37. The molecule has 7 heteroatoms. The molecule has 1 amide bonds. The molecule has 0 aliphatic rings. The van der Waals surface area contributed by atoms with Crippen LogP contribution in [0.15, 0.2) is 40.9 Å². The first-order valence-corrected chi connectivity index (χ1v) is 8.77. The maximum absolute atomic E-state index is 11.9. The van der Waals surface area contributed by atoms with Crippen LogP contribution in [0.5, 0.6) is 0 Å². The van der Waals surface area contributed by atoms with Crippen molar-refractivity contribution < 1.29 is 9.32 Å². The van der Waals surface area contributed by atoms with E-state index in [1.807, 2.05) is 54.9 Å². The summed E-state index contributed by atoms with van der Waals surface area (Å²) in [7, 11) is 0. The molecule has 3 rings (SSSR count). The summed E-state index contributed by atoms with van der Waals surface area (Å²) in [6.45, 7) is 5.23. The van der Waals surface area contributed by atoms with Crippen molar-refractivity contribution in [3.8, 4) is 11.5 Å². The van der Waals surface area contributed by atoms with Gasteiger partial charge in [-0.2, -0.15) is 10.1 Å². The molecule has 0 atom stereocenters. The molecule has 0 bridgehead atoms. The second-order valence-electron chi connectivity index (χ2n) is 6.24. The molecular formula is C19H23N5O2. The Morgan fingerprint density at radius 3 is 2.77 bits per heavy atom. The molecule has 2 heterocycles. The van der Waals surface area contributed by atoms with Crippen molar-refractivity contribution in [1.29, 1.82) is 0 Å². The lowest BCUT2D eigenvalue weighted by atomic mass is 10.2. The van der Waals surface area contributed by atoms with Gasteiger partial charge in [-0.3, -0.25) is 9.48 Å². The molecule has 3 aromatic rings. The number of carbonyl (C=O) groups excluding carboxylic acids is 1. The van der Waals surface area contributed by atoms with E-state index in [-0.39, 0.29) is 5.91 Å². The van der Waals surface area contributed by atoms with Gasteiger partial charge in [0.1, 0.15) is 0 Å². The number of aryl methyl sites for hydroxylation is 3. The number of nitrogens with one attached hydrogen (secondary N) is 1. The summed E-state index contributed by atoms with van der Waals surface area (Å²) in [6.07, 6.45) is 1.77. The molecule has 0 unspecified atom stereocenters. The average molecular weight is 353 g/mol. The van der Waals surface area contributed by atoms with Crippen molar-refractivity contribution in [2.75, 3.05) is 6.54 Å². The van der Waals surface area contributed by atoms with E-state index in [0.717, 1.165) is 29.9 Å². The molecule has 0 fully saturated rings. The van der Waals surface area contributed by atoms with Crippen LogP contribution in [0.2, 0.25) is 0 Å². The van der Waals surface area contributed by atoms with Gasteiger partial charge in [0.2, 0.25) is 5.91 Å². The molecule has 0 spiro atoms. The fourth-order valence-corrected chi connectivity index (χ4v) is 2.75. The van der Waals surface area contributed by atoms with Crippen LogP contribution in [0.1, 0.15) is 30.1 Å². The SMILES string of the molecule is Cc1cc(C)n(CCCC(=O)NCCc2noc(-c3ccccc3)n2)n1. The fraction of sp³-hybridized carbons (Fsp3) is 0.368. The van der Waals surface area contributed by atoms with Crippen molar-refractivity contribution in [1.82, 2.24) is 25.2 Å². The van der Waals surface area contributed by atoms with Crippen molar-refractivity contribution in [2.45, 2.75) is 39.7 Å². The zero-order valence-electron chi connectivity index (χ0n) is 15.1. The Kier molecular flexibility index (Phi) is 5.78. The summed E-state index contributed by atoms with van der Waals surface area (Å²) in [5, 5.41) is 11.2. The van der Waals surface area contributed by atoms with Crippen LogP contribution in [0, 0.1) is 13.8 Å². The van der Waals surface area contributed by atoms with E-state index >= 15 is 0 Å². The monoisotopic (exact) mass is 353 g/mol. The molecular weight excluding hydrogens is 330 g/mol. The van der Waals surface area contributed by atoms with Gasteiger partial charge in [0, 0.05) is 37.2 Å². The Labute approximate surface area is 152 Å². The first-order chi connectivity index (χ1) is 12.6. The molecule has 0 radical (unpaired) electrons. The highest BCUT2D eigenvalue weighted by molar-refractivity contribution is 5.75. The number of amides is 1. The maximum atomic E-state index is 11.9. The van der Waals surface area contributed by atoms with Crippen molar-refractivity contribution in [2.24, 2.45) is 0 Å². The summed E-state index contributed by atoms with van der Waals surface area (Å²) in [5.74, 6) is 1.11. The summed E-state index contributed by atoms with van der Waals surface area (Å²) >= 11 is 0. The van der Waals surface area contributed by atoms with Gasteiger partial charge in [0.25, 0.3) is 5.89 Å². The Morgan fingerprint density at radius 1 is 1.23 bits per heavy atom. The third-order valence-corrected chi connectivity index (χ3v) is 4.04. The third kappa shape index (κ3) is 4.78.